The van der Waals surface area contributed by atoms with Crippen molar-refractivity contribution >= 4 is 11.9 Å². The zero-order valence-electron chi connectivity index (χ0n) is 11.7. The van der Waals surface area contributed by atoms with Gasteiger partial charge in [0.2, 0.25) is 0 Å². The maximum Gasteiger partial charge on any atom is 0.409 e. The number of piperazine rings is 1. The third-order valence-corrected chi connectivity index (χ3v) is 3.30. The standard InChI is InChI=1S/C12H24N4O3/c1-3-5-10(11(13)14-18)15-6-8-16(9-7-15)12(17)19-4-2/h10,18H,3-9H2,1-2H3,(H2,13,14). The monoisotopic (exact) mass is 272 g/mol. The van der Waals surface area contributed by atoms with E-state index in [4.69, 9.17) is 15.7 Å². The predicted octanol–water partition coefficient (Wildman–Crippen LogP) is 0.676. The average molecular weight is 272 g/mol. The molecule has 0 aromatic heterocycles. The smallest absolute Gasteiger partial charge is 0.409 e. The zero-order valence-corrected chi connectivity index (χ0v) is 11.7. The van der Waals surface area contributed by atoms with Crippen molar-refractivity contribution in [1.29, 1.82) is 0 Å². The Labute approximate surface area is 114 Å². The summed E-state index contributed by atoms with van der Waals surface area (Å²) >= 11 is 0. The van der Waals surface area contributed by atoms with Gasteiger partial charge in [0.15, 0.2) is 5.84 Å². The number of hydrogen-bond donors (Lipinski definition) is 2. The van der Waals surface area contributed by atoms with E-state index in [-0.39, 0.29) is 18.0 Å². The van der Waals surface area contributed by atoms with Crippen LogP contribution in [-0.4, -0.2) is 65.8 Å². The Morgan fingerprint density at radius 2 is 2.00 bits per heavy atom. The minimum atomic E-state index is -0.266. The number of amidine groups is 1. The summed E-state index contributed by atoms with van der Waals surface area (Å²) in [5, 5.41) is 11.9. The number of hydrogen-bond acceptors (Lipinski definition) is 5. The van der Waals surface area contributed by atoms with E-state index in [0.717, 1.165) is 12.8 Å². The maximum absolute atomic E-state index is 11.6. The largest absolute Gasteiger partial charge is 0.450 e. The van der Waals surface area contributed by atoms with Crippen LogP contribution >= 0.6 is 0 Å². The van der Waals surface area contributed by atoms with Crippen LogP contribution in [0.15, 0.2) is 5.16 Å². The van der Waals surface area contributed by atoms with Gasteiger partial charge < -0.3 is 20.6 Å². The van der Waals surface area contributed by atoms with Crippen LogP contribution in [0.5, 0.6) is 0 Å². The molecule has 7 nitrogen and oxygen atoms in total. The molecule has 1 aliphatic heterocycles. The van der Waals surface area contributed by atoms with Crippen LogP contribution in [0.25, 0.3) is 0 Å². The van der Waals surface area contributed by atoms with Gasteiger partial charge in [0.25, 0.3) is 0 Å². The van der Waals surface area contributed by atoms with Crippen molar-refractivity contribution in [3.05, 3.63) is 0 Å². The van der Waals surface area contributed by atoms with Gasteiger partial charge in [0.1, 0.15) is 0 Å². The first-order valence-corrected chi connectivity index (χ1v) is 6.77. The normalized spacial score (nSPS) is 19.3. The Morgan fingerprint density at radius 3 is 2.47 bits per heavy atom. The Bertz CT molecular complexity index is 314. The van der Waals surface area contributed by atoms with Crippen LogP contribution in [0.2, 0.25) is 0 Å². The van der Waals surface area contributed by atoms with E-state index in [1.807, 2.05) is 0 Å². The fourth-order valence-corrected chi connectivity index (χ4v) is 2.29. The van der Waals surface area contributed by atoms with Crippen molar-refractivity contribution < 1.29 is 14.7 Å². The van der Waals surface area contributed by atoms with Gasteiger partial charge in [-0.25, -0.2) is 4.79 Å². The van der Waals surface area contributed by atoms with Gasteiger partial charge >= 0.3 is 6.09 Å². The summed E-state index contributed by atoms with van der Waals surface area (Å²) in [7, 11) is 0. The number of rotatable bonds is 5. The molecule has 1 atom stereocenters. The van der Waals surface area contributed by atoms with Crippen LogP contribution < -0.4 is 5.73 Å². The molecule has 1 heterocycles. The molecule has 1 fully saturated rings. The number of oxime groups is 1. The molecule has 1 unspecified atom stereocenters. The zero-order chi connectivity index (χ0) is 14.3. The lowest BCUT2D eigenvalue weighted by Crippen LogP contribution is -2.55. The molecule has 1 aliphatic rings. The Hall–Kier alpha value is -1.50. The second-order valence-electron chi connectivity index (χ2n) is 4.55. The van der Waals surface area contributed by atoms with Gasteiger partial charge in [-0.3, -0.25) is 4.90 Å². The summed E-state index contributed by atoms with van der Waals surface area (Å²) in [4.78, 5) is 15.4. The number of carbonyl (C=O) groups excluding carboxylic acids is 1. The lowest BCUT2D eigenvalue weighted by Gasteiger charge is -2.38. The van der Waals surface area contributed by atoms with E-state index < -0.39 is 0 Å². The van der Waals surface area contributed by atoms with Crippen molar-refractivity contribution in [3.63, 3.8) is 0 Å². The first-order valence-electron chi connectivity index (χ1n) is 6.77. The fraction of sp³-hybridized carbons (Fsp3) is 0.833. The minimum Gasteiger partial charge on any atom is -0.450 e. The molecule has 0 saturated carbocycles. The first kappa shape index (κ1) is 15.6. The molecule has 1 rings (SSSR count). The number of nitrogens with two attached hydrogens (primary N) is 1. The van der Waals surface area contributed by atoms with Crippen molar-refractivity contribution in [2.24, 2.45) is 10.9 Å². The fourth-order valence-electron chi connectivity index (χ4n) is 2.29. The van der Waals surface area contributed by atoms with Crippen molar-refractivity contribution in [2.75, 3.05) is 32.8 Å². The highest BCUT2D eigenvalue weighted by Crippen LogP contribution is 2.12. The Kier molecular flexibility index (Phi) is 6.41. The van der Waals surface area contributed by atoms with Crippen molar-refractivity contribution in [2.45, 2.75) is 32.7 Å². The minimum absolute atomic E-state index is 0.0562. The lowest BCUT2D eigenvalue weighted by atomic mass is 10.1. The second-order valence-corrected chi connectivity index (χ2v) is 4.55. The van der Waals surface area contributed by atoms with Crippen LogP contribution in [0.4, 0.5) is 4.79 Å². The number of amides is 1. The topological polar surface area (TPSA) is 91.4 Å². The highest BCUT2D eigenvalue weighted by molar-refractivity contribution is 5.85. The van der Waals surface area contributed by atoms with Gasteiger partial charge in [-0.05, 0) is 13.3 Å². The third-order valence-electron chi connectivity index (χ3n) is 3.30. The first-order chi connectivity index (χ1) is 9.13. The van der Waals surface area contributed by atoms with Gasteiger partial charge in [-0.1, -0.05) is 18.5 Å². The highest BCUT2D eigenvalue weighted by atomic mass is 16.6. The quantitative estimate of drug-likeness (QED) is 0.332. The average Bonchev–Trinajstić information content (AvgIpc) is 2.44. The molecule has 7 heteroatoms. The molecule has 0 spiro atoms. The molecule has 0 aromatic rings. The molecule has 110 valence electrons. The summed E-state index contributed by atoms with van der Waals surface area (Å²) in [5.41, 5.74) is 5.73. The maximum atomic E-state index is 11.6. The molecule has 0 aromatic carbocycles. The molecule has 19 heavy (non-hydrogen) atoms. The summed E-state index contributed by atoms with van der Waals surface area (Å²) in [6.07, 6.45) is 1.53. The van der Waals surface area contributed by atoms with Gasteiger partial charge in [-0.15, -0.1) is 0 Å². The molecule has 0 bridgehead atoms. The Balaban J connectivity index is 2.53. The van der Waals surface area contributed by atoms with Crippen LogP contribution in [0, 0.1) is 0 Å². The number of ether oxygens (including phenoxy) is 1. The van der Waals surface area contributed by atoms with E-state index in [9.17, 15) is 4.79 Å². The Morgan fingerprint density at radius 1 is 1.37 bits per heavy atom. The van der Waals surface area contributed by atoms with Crippen LogP contribution in [0.3, 0.4) is 0 Å². The predicted molar refractivity (Wildman–Crippen MR) is 72.3 cm³/mol. The van der Waals surface area contributed by atoms with Gasteiger partial charge in [0.05, 0.1) is 12.6 Å². The summed E-state index contributed by atoms with van der Waals surface area (Å²) in [6.45, 7) is 6.88. The molecule has 1 amide bonds. The summed E-state index contributed by atoms with van der Waals surface area (Å²) in [5.74, 6) is 0.242. The molecule has 0 aliphatic carbocycles. The molecular weight excluding hydrogens is 248 g/mol. The molecule has 1 saturated heterocycles. The van der Waals surface area contributed by atoms with Crippen molar-refractivity contribution in [3.8, 4) is 0 Å². The molecular formula is C12H24N4O3. The van der Waals surface area contributed by atoms with E-state index in [1.54, 1.807) is 11.8 Å². The van der Waals surface area contributed by atoms with Crippen LogP contribution in [-0.2, 0) is 4.74 Å². The number of nitrogens with zero attached hydrogens (tertiary/aromatic N) is 3. The third kappa shape index (κ3) is 4.27. The lowest BCUT2D eigenvalue weighted by molar-refractivity contribution is 0.0730. The van der Waals surface area contributed by atoms with E-state index >= 15 is 0 Å². The van der Waals surface area contributed by atoms with Gasteiger partial charge in [-0.2, -0.15) is 0 Å². The molecule has 0 radical (unpaired) electrons. The van der Waals surface area contributed by atoms with E-state index in [0.29, 0.717) is 32.8 Å². The van der Waals surface area contributed by atoms with Crippen LogP contribution in [0.1, 0.15) is 26.7 Å². The number of carbonyl (C=O) groups is 1. The summed E-state index contributed by atoms with van der Waals surface area (Å²) < 4.78 is 4.97. The summed E-state index contributed by atoms with van der Waals surface area (Å²) in [6, 6.07) is -0.0562. The van der Waals surface area contributed by atoms with E-state index in [2.05, 4.69) is 17.0 Å². The van der Waals surface area contributed by atoms with E-state index in [1.165, 1.54) is 0 Å². The van der Waals surface area contributed by atoms with Crippen molar-refractivity contribution in [1.82, 2.24) is 9.80 Å². The van der Waals surface area contributed by atoms with Gasteiger partial charge in [0, 0.05) is 26.2 Å². The SMILES string of the molecule is CCCC(C(N)=NO)N1CCN(C(=O)OCC)CC1. The molecule has 3 N–H and O–H groups in total. The second kappa shape index (κ2) is 7.83. The highest BCUT2D eigenvalue weighted by Gasteiger charge is 2.28.